The Morgan fingerprint density at radius 1 is 1.03 bits per heavy atom. The summed E-state index contributed by atoms with van der Waals surface area (Å²) in [5.74, 6) is 0.894. The highest BCUT2D eigenvalue weighted by molar-refractivity contribution is 7.57. The van der Waals surface area contributed by atoms with Crippen LogP contribution in [0.15, 0.2) is 65.6 Å². The van der Waals surface area contributed by atoms with Gasteiger partial charge < -0.3 is 24.2 Å². The number of anilines is 1. The molecular weight excluding hydrogens is 526 g/mol. The van der Waals surface area contributed by atoms with Gasteiger partial charge >= 0.3 is 7.68 Å². The molecule has 0 amide bonds. The zero-order chi connectivity index (χ0) is 28.0. The number of rotatable bonds is 10. The molecule has 1 atom stereocenters. The van der Waals surface area contributed by atoms with Crippen LogP contribution in [0.2, 0.25) is 0 Å². The zero-order valence-corrected chi connectivity index (χ0v) is 22.2. The van der Waals surface area contributed by atoms with E-state index in [0.717, 1.165) is 16.6 Å². The van der Waals surface area contributed by atoms with Crippen LogP contribution >= 0.6 is 7.68 Å². The third-order valence-corrected chi connectivity index (χ3v) is 6.74. The number of halogens is 1. The van der Waals surface area contributed by atoms with Crippen LogP contribution in [-0.4, -0.2) is 47.5 Å². The smallest absolute Gasteiger partial charge is 0.390 e. The molecule has 10 nitrogen and oxygen atoms in total. The van der Waals surface area contributed by atoms with Crippen molar-refractivity contribution >= 4 is 36.6 Å². The molecule has 0 saturated carbocycles. The Morgan fingerprint density at radius 3 is 2.33 bits per heavy atom. The Bertz CT molecular complexity index is 1610. The van der Waals surface area contributed by atoms with Crippen LogP contribution in [0.3, 0.4) is 0 Å². The fourth-order valence-corrected chi connectivity index (χ4v) is 4.61. The van der Waals surface area contributed by atoms with Gasteiger partial charge in [0.2, 0.25) is 0 Å². The van der Waals surface area contributed by atoms with Crippen molar-refractivity contribution in [3.63, 3.8) is 0 Å². The molecule has 12 heteroatoms. The fraction of sp³-hybridized carbons (Fsp3) is 0.148. The number of methoxy groups -OCH3 is 2. The van der Waals surface area contributed by atoms with Crippen LogP contribution < -0.4 is 14.9 Å². The molecule has 0 radical (unpaired) electrons. The molecule has 3 aromatic carbocycles. The lowest BCUT2D eigenvalue weighted by atomic mass is 9.98. The topological polar surface area (TPSA) is 135 Å². The Morgan fingerprint density at radius 2 is 1.67 bits per heavy atom. The number of hydrogen-bond donors (Lipinski definition) is 3. The van der Waals surface area contributed by atoms with Gasteiger partial charge in [0, 0.05) is 27.7 Å². The molecule has 0 aliphatic heterocycles. The zero-order valence-electron chi connectivity index (χ0n) is 21.3. The highest BCUT2D eigenvalue weighted by atomic mass is 31.2. The van der Waals surface area contributed by atoms with Gasteiger partial charge in [-0.2, -0.15) is 14.4 Å². The Kier molecular flexibility index (Phi) is 8.43. The standard InChI is InChI=1S/C27H26FN4O6P/c1-4-38-39(28,35)10-9-17-11-21(25(33)23(13-17)36-2)22-12-18(14-24(37-3)26(22)34)15-29-31-27-20-8-6-5-7-19(20)16-30-32-27/h5-16,33-34H,4H2,1-3H3,(H,31,32)/b10-9+,29-15+. The number of nitrogens with zero attached hydrogens (tertiary/aromatic N) is 3. The minimum Gasteiger partial charge on any atom is -0.504 e. The summed E-state index contributed by atoms with van der Waals surface area (Å²) >= 11 is 0. The van der Waals surface area contributed by atoms with Crippen LogP contribution in [-0.2, 0) is 9.09 Å². The van der Waals surface area contributed by atoms with Crippen LogP contribution in [0.25, 0.3) is 28.0 Å². The molecule has 202 valence electrons. The molecule has 0 saturated heterocycles. The van der Waals surface area contributed by atoms with Gasteiger partial charge in [0.1, 0.15) is 0 Å². The molecule has 1 aromatic heterocycles. The molecule has 4 aromatic rings. The van der Waals surface area contributed by atoms with Gasteiger partial charge in [0.05, 0.1) is 33.2 Å². The van der Waals surface area contributed by atoms with E-state index in [1.165, 1.54) is 45.6 Å². The molecule has 39 heavy (non-hydrogen) atoms. The summed E-state index contributed by atoms with van der Waals surface area (Å²) in [5.41, 5.74) is 4.04. The normalized spacial score (nSPS) is 13.1. The maximum Gasteiger partial charge on any atom is 0.390 e. The summed E-state index contributed by atoms with van der Waals surface area (Å²) in [5, 5.41) is 35.8. The average Bonchev–Trinajstić information content (AvgIpc) is 2.93. The van der Waals surface area contributed by atoms with E-state index in [-0.39, 0.29) is 40.7 Å². The van der Waals surface area contributed by atoms with Gasteiger partial charge in [-0.3, -0.25) is 9.99 Å². The molecule has 1 heterocycles. The monoisotopic (exact) mass is 552 g/mol. The first-order valence-electron chi connectivity index (χ1n) is 11.7. The summed E-state index contributed by atoms with van der Waals surface area (Å²) in [6.45, 7) is 1.46. The number of ether oxygens (including phenoxy) is 2. The second-order valence-corrected chi connectivity index (χ2v) is 9.74. The van der Waals surface area contributed by atoms with E-state index < -0.39 is 7.68 Å². The summed E-state index contributed by atoms with van der Waals surface area (Å²) in [6.07, 6.45) is 4.37. The number of nitrogens with one attached hydrogen (secondary N) is 1. The highest BCUT2D eigenvalue weighted by Crippen LogP contribution is 2.51. The number of hydrogen-bond acceptors (Lipinski definition) is 10. The van der Waals surface area contributed by atoms with E-state index in [1.54, 1.807) is 18.3 Å². The number of aromatic nitrogens is 2. The molecule has 0 fully saturated rings. The van der Waals surface area contributed by atoms with Crippen molar-refractivity contribution in [2.45, 2.75) is 6.92 Å². The first kappa shape index (κ1) is 27.6. The van der Waals surface area contributed by atoms with Crippen LogP contribution in [0.1, 0.15) is 18.1 Å². The van der Waals surface area contributed by atoms with Crippen molar-refractivity contribution < 1.29 is 33.0 Å². The number of fused-ring (bicyclic) bond motifs is 1. The predicted molar refractivity (Wildman–Crippen MR) is 148 cm³/mol. The van der Waals surface area contributed by atoms with Crippen LogP contribution in [0.5, 0.6) is 23.0 Å². The molecule has 1 unspecified atom stereocenters. The Balaban J connectivity index is 1.73. The SMILES string of the molecule is CCOP(=O)(F)/C=C/c1cc(OC)c(O)c(-c2cc(/C=N/Nc3nncc4ccccc34)cc(OC)c2O)c1. The third-order valence-electron chi connectivity index (χ3n) is 5.63. The molecule has 0 aliphatic rings. The maximum absolute atomic E-state index is 14.1. The van der Waals surface area contributed by atoms with Crippen molar-refractivity contribution in [2.24, 2.45) is 5.10 Å². The number of hydrazone groups is 1. The van der Waals surface area contributed by atoms with Gasteiger partial charge in [0.15, 0.2) is 28.8 Å². The van der Waals surface area contributed by atoms with E-state index >= 15 is 0 Å². The minimum atomic E-state index is -4.45. The first-order valence-corrected chi connectivity index (χ1v) is 13.3. The maximum atomic E-state index is 14.1. The minimum absolute atomic E-state index is 0.0471. The lowest BCUT2D eigenvalue weighted by Gasteiger charge is -2.15. The van der Waals surface area contributed by atoms with Gasteiger partial charge in [-0.15, -0.1) is 5.10 Å². The predicted octanol–water partition coefficient (Wildman–Crippen LogP) is 6.34. The van der Waals surface area contributed by atoms with Crippen LogP contribution in [0, 0.1) is 0 Å². The molecule has 0 aliphatic carbocycles. The number of phenolic OH excluding ortho intramolecular Hbond substituents is 2. The van der Waals surface area contributed by atoms with Crippen LogP contribution in [0.4, 0.5) is 10.0 Å². The summed E-state index contributed by atoms with van der Waals surface area (Å²) in [4.78, 5) is 0. The summed E-state index contributed by atoms with van der Waals surface area (Å²) < 4.78 is 41.2. The summed E-state index contributed by atoms with van der Waals surface area (Å²) in [7, 11) is -1.72. The molecule has 3 N–H and O–H groups in total. The van der Waals surface area contributed by atoms with E-state index in [0.29, 0.717) is 16.9 Å². The molecule has 4 rings (SSSR count). The van der Waals surface area contributed by atoms with Gasteiger partial charge in [-0.1, -0.05) is 24.3 Å². The lowest BCUT2D eigenvalue weighted by Crippen LogP contribution is -1.97. The van der Waals surface area contributed by atoms with E-state index in [1.807, 2.05) is 24.3 Å². The van der Waals surface area contributed by atoms with Crippen molar-refractivity contribution in [2.75, 3.05) is 26.3 Å². The molecule has 0 bridgehead atoms. The van der Waals surface area contributed by atoms with Crippen molar-refractivity contribution in [1.82, 2.24) is 10.2 Å². The van der Waals surface area contributed by atoms with Crippen molar-refractivity contribution in [3.8, 4) is 34.1 Å². The third kappa shape index (κ3) is 6.34. The summed E-state index contributed by atoms with van der Waals surface area (Å²) in [6, 6.07) is 13.6. The molecular formula is C27H26FN4O6P. The largest absolute Gasteiger partial charge is 0.504 e. The molecule has 0 spiro atoms. The Labute approximate surface area is 224 Å². The van der Waals surface area contributed by atoms with E-state index in [4.69, 9.17) is 9.47 Å². The lowest BCUT2D eigenvalue weighted by molar-refractivity contribution is 0.312. The van der Waals surface area contributed by atoms with Gasteiger partial charge in [-0.25, -0.2) is 0 Å². The Hall–Kier alpha value is -4.47. The fourth-order valence-electron chi connectivity index (χ4n) is 3.82. The highest BCUT2D eigenvalue weighted by Gasteiger charge is 2.20. The van der Waals surface area contributed by atoms with Gasteiger partial charge in [0.25, 0.3) is 0 Å². The number of aromatic hydroxyl groups is 2. The number of benzene rings is 3. The van der Waals surface area contributed by atoms with Crippen molar-refractivity contribution in [1.29, 1.82) is 0 Å². The van der Waals surface area contributed by atoms with E-state index in [2.05, 4.69) is 25.2 Å². The van der Waals surface area contributed by atoms with E-state index in [9.17, 15) is 19.0 Å². The number of phenols is 2. The first-order chi connectivity index (χ1) is 18.8. The quantitative estimate of drug-likeness (QED) is 0.117. The van der Waals surface area contributed by atoms with Gasteiger partial charge in [-0.05, 0) is 48.4 Å². The van der Waals surface area contributed by atoms with Crippen molar-refractivity contribution in [3.05, 3.63) is 71.7 Å². The average molecular weight is 552 g/mol. The second kappa shape index (κ2) is 11.9. The second-order valence-electron chi connectivity index (χ2n) is 8.14.